The summed E-state index contributed by atoms with van der Waals surface area (Å²) in [5, 5.41) is 35.7. The summed E-state index contributed by atoms with van der Waals surface area (Å²) in [6.07, 6.45) is -3.37. The molecule has 0 bridgehead atoms. The molecule has 0 saturated carbocycles. The Morgan fingerprint density at radius 3 is 2.10 bits per heavy atom. The molecule has 60 valence electrons. The van der Waals surface area contributed by atoms with E-state index in [4.69, 9.17) is 20.4 Å². The van der Waals surface area contributed by atoms with Crippen LogP contribution in [0, 0.1) is 0 Å². The summed E-state index contributed by atoms with van der Waals surface area (Å²) in [6.45, 7) is 0. The van der Waals surface area contributed by atoms with Crippen molar-refractivity contribution < 1.29 is 20.4 Å². The number of aliphatic hydroxyl groups is 4. The van der Waals surface area contributed by atoms with Gasteiger partial charge in [0.2, 0.25) is 0 Å². The highest BCUT2D eigenvalue weighted by Crippen LogP contribution is 2.23. The third kappa shape index (κ3) is 1.43. The average Bonchev–Trinajstić information content (AvgIpc) is 1.93. The van der Waals surface area contributed by atoms with Crippen molar-refractivity contribution in [1.29, 1.82) is 0 Å². The Morgan fingerprint density at radius 1 is 1.00 bits per heavy atom. The fourth-order valence-electron chi connectivity index (χ4n) is 0.791. The molecule has 1 fully saturated rings. The van der Waals surface area contributed by atoms with E-state index in [0.29, 0.717) is 0 Å². The van der Waals surface area contributed by atoms with Crippen LogP contribution in [0.25, 0.3) is 0 Å². The molecule has 1 aliphatic heterocycles. The predicted molar refractivity (Wildman–Crippen MR) is 36.5 cm³/mol. The minimum Gasteiger partial charge on any atom is -0.389 e. The van der Waals surface area contributed by atoms with Gasteiger partial charge in [0.05, 0.1) is 6.10 Å². The minimum atomic E-state index is -1.23. The van der Waals surface area contributed by atoms with E-state index in [9.17, 15) is 0 Å². The second kappa shape index (κ2) is 3.06. The summed E-state index contributed by atoms with van der Waals surface area (Å²) in [5.74, 6) is 0.263. The van der Waals surface area contributed by atoms with Crippen molar-refractivity contribution in [1.82, 2.24) is 0 Å². The van der Waals surface area contributed by atoms with Gasteiger partial charge >= 0.3 is 0 Å². The molecule has 1 aliphatic rings. The molecule has 0 spiro atoms. The topological polar surface area (TPSA) is 80.9 Å². The Bertz CT molecular complexity index is 106. The zero-order valence-electron chi connectivity index (χ0n) is 5.21. The molecule has 10 heavy (non-hydrogen) atoms. The first kappa shape index (κ1) is 8.29. The van der Waals surface area contributed by atoms with E-state index < -0.39 is 23.7 Å². The van der Waals surface area contributed by atoms with Gasteiger partial charge in [0.1, 0.15) is 17.6 Å². The number of hydrogen-bond donors (Lipinski definition) is 4. The third-order valence-corrected chi connectivity index (χ3v) is 2.63. The molecule has 4 N–H and O–H groups in total. The summed E-state index contributed by atoms with van der Waals surface area (Å²) in [7, 11) is 0. The van der Waals surface area contributed by atoms with Gasteiger partial charge in [0, 0.05) is 5.75 Å². The van der Waals surface area contributed by atoms with Crippen molar-refractivity contribution in [3.63, 3.8) is 0 Å². The van der Waals surface area contributed by atoms with E-state index in [1.165, 1.54) is 0 Å². The molecular formula is C5H10O4S. The smallest absolute Gasteiger partial charge is 0.128 e. The molecule has 1 rings (SSSR count). The maximum absolute atomic E-state index is 8.94. The molecule has 0 aromatic heterocycles. The van der Waals surface area contributed by atoms with Gasteiger partial charge in [-0.25, -0.2) is 0 Å². The van der Waals surface area contributed by atoms with Gasteiger partial charge in [-0.1, -0.05) is 0 Å². The molecule has 4 nitrogen and oxygen atoms in total. The molecule has 0 aromatic rings. The first-order chi connectivity index (χ1) is 4.63. The highest BCUT2D eigenvalue weighted by Gasteiger charge is 2.35. The zero-order chi connectivity index (χ0) is 7.72. The Balaban J connectivity index is 2.52. The van der Waals surface area contributed by atoms with Crippen LogP contribution in [-0.4, -0.2) is 49.9 Å². The third-order valence-electron chi connectivity index (χ3n) is 1.47. The van der Waals surface area contributed by atoms with Gasteiger partial charge in [-0.3, -0.25) is 0 Å². The van der Waals surface area contributed by atoms with Gasteiger partial charge in [-0.05, 0) is 0 Å². The van der Waals surface area contributed by atoms with Gasteiger partial charge in [0.25, 0.3) is 0 Å². The molecule has 0 amide bonds. The van der Waals surface area contributed by atoms with E-state index in [0.717, 1.165) is 11.8 Å². The first-order valence-electron chi connectivity index (χ1n) is 2.97. The highest BCUT2D eigenvalue weighted by molar-refractivity contribution is 7.99. The monoisotopic (exact) mass is 166 g/mol. The van der Waals surface area contributed by atoms with E-state index in [1.54, 1.807) is 0 Å². The quantitative estimate of drug-likeness (QED) is 0.339. The van der Waals surface area contributed by atoms with Gasteiger partial charge in [-0.2, -0.15) is 0 Å². The standard InChI is InChI=1S/C5H10O4S/c6-2-1-10-5(9)4(8)3(2)7/h2-9H,1H2/t2-,3+,4-,5-/m1/s1. The molecular weight excluding hydrogens is 156 g/mol. The second-order valence-electron chi connectivity index (χ2n) is 2.27. The lowest BCUT2D eigenvalue weighted by Crippen LogP contribution is -2.48. The normalized spacial score (nSPS) is 49.2. The van der Waals surface area contributed by atoms with Crippen molar-refractivity contribution in [3.05, 3.63) is 0 Å². The summed E-state index contributed by atoms with van der Waals surface area (Å²) in [6, 6.07) is 0. The van der Waals surface area contributed by atoms with Crippen molar-refractivity contribution in [2.24, 2.45) is 0 Å². The van der Waals surface area contributed by atoms with Crippen LogP contribution in [0.4, 0.5) is 0 Å². The van der Waals surface area contributed by atoms with E-state index in [1.807, 2.05) is 0 Å². The van der Waals surface area contributed by atoms with Crippen molar-refractivity contribution in [2.75, 3.05) is 5.75 Å². The Morgan fingerprint density at radius 2 is 1.60 bits per heavy atom. The van der Waals surface area contributed by atoms with Crippen LogP contribution in [0.15, 0.2) is 0 Å². The first-order valence-corrected chi connectivity index (χ1v) is 4.01. The minimum absolute atomic E-state index is 0.263. The number of rotatable bonds is 0. The van der Waals surface area contributed by atoms with Gasteiger partial charge in [-0.15, -0.1) is 11.8 Å². The molecule has 1 saturated heterocycles. The number of aliphatic hydroxyl groups excluding tert-OH is 4. The fraction of sp³-hybridized carbons (Fsp3) is 1.00. The summed E-state index contributed by atoms with van der Waals surface area (Å²) in [4.78, 5) is 0. The van der Waals surface area contributed by atoms with Crippen LogP contribution in [0.5, 0.6) is 0 Å². The van der Waals surface area contributed by atoms with Crippen molar-refractivity contribution in [3.8, 4) is 0 Å². The molecule has 0 radical (unpaired) electrons. The van der Waals surface area contributed by atoms with Gasteiger partial charge < -0.3 is 20.4 Å². The lowest BCUT2D eigenvalue weighted by molar-refractivity contribution is -0.0834. The van der Waals surface area contributed by atoms with E-state index in [2.05, 4.69) is 0 Å². The second-order valence-corrected chi connectivity index (χ2v) is 3.42. The summed E-state index contributed by atoms with van der Waals surface area (Å²) < 4.78 is 0. The Labute approximate surface area is 62.5 Å². The number of hydrogen-bond acceptors (Lipinski definition) is 5. The molecule has 1 heterocycles. The molecule has 0 unspecified atom stereocenters. The SMILES string of the molecule is O[C@@H]1[C@@H](O)[C@H](O)SC[C@H]1O. The highest BCUT2D eigenvalue weighted by atomic mass is 32.2. The largest absolute Gasteiger partial charge is 0.389 e. The average molecular weight is 166 g/mol. The molecule has 0 aliphatic carbocycles. The van der Waals surface area contributed by atoms with Crippen LogP contribution in [0.3, 0.4) is 0 Å². The van der Waals surface area contributed by atoms with Crippen LogP contribution in [0.1, 0.15) is 0 Å². The van der Waals surface area contributed by atoms with Gasteiger partial charge in [0.15, 0.2) is 0 Å². The lowest BCUT2D eigenvalue weighted by atomic mass is 10.1. The lowest BCUT2D eigenvalue weighted by Gasteiger charge is -2.31. The van der Waals surface area contributed by atoms with Crippen LogP contribution in [0.2, 0.25) is 0 Å². The Kier molecular flexibility index (Phi) is 2.54. The zero-order valence-corrected chi connectivity index (χ0v) is 6.03. The van der Waals surface area contributed by atoms with E-state index in [-0.39, 0.29) is 5.75 Å². The van der Waals surface area contributed by atoms with Crippen LogP contribution >= 0.6 is 11.8 Å². The Hall–Kier alpha value is 0.190. The number of thioether (sulfide) groups is 1. The predicted octanol–water partition coefficient (Wildman–Crippen LogP) is -1.87. The van der Waals surface area contributed by atoms with Crippen LogP contribution < -0.4 is 0 Å². The summed E-state index contributed by atoms with van der Waals surface area (Å²) >= 11 is 1.03. The van der Waals surface area contributed by atoms with E-state index >= 15 is 0 Å². The molecule has 5 heteroatoms. The fourth-order valence-corrected chi connectivity index (χ4v) is 1.74. The summed E-state index contributed by atoms with van der Waals surface area (Å²) in [5.41, 5.74) is -0.974. The molecule has 0 aromatic carbocycles. The maximum Gasteiger partial charge on any atom is 0.128 e. The van der Waals surface area contributed by atoms with Crippen molar-refractivity contribution in [2.45, 2.75) is 23.7 Å². The maximum atomic E-state index is 8.94. The molecule has 4 atom stereocenters. The van der Waals surface area contributed by atoms with Crippen LogP contribution in [-0.2, 0) is 0 Å². The van der Waals surface area contributed by atoms with Crippen molar-refractivity contribution >= 4 is 11.8 Å².